The van der Waals surface area contributed by atoms with Gasteiger partial charge in [-0.3, -0.25) is 4.79 Å². The Morgan fingerprint density at radius 3 is 3.00 bits per heavy atom. The second-order valence-corrected chi connectivity index (χ2v) is 8.08. The molecule has 1 fully saturated rings. The van der Waals surface area contributed by atoms with E-state index in [9.17, 15) is 13.6 Å². The lowest BCUT2D eigenvalue weighted by Gasteiger charge is -2.23. The topological polar surface area (TPSA) is 59.0 Å². The molecule has 2 aliphatic heterocycles. The molecule has 2 aromatic rings. The van der Waals surface area contributed by atoms with Gasteiger partial charge in [0.15, 0.2) is 4.77 Å². The van der Waals surface area contributed by atoms with Gasteiger partial charge in [-0.25, -0.2) is 8.78 Å². The molecule has 1 aromatic heterocycles. The summed E-state index contributed by atoms with van der Waals surface area (Å²) in [6.07, 6.45) is 2.34. The zero-order valence-electron chi connectivity index (χ0n) is 15.1. The summed E-state index contributed by atoms with van der Waals surface area (Å²) >= 11 is 11.2. The molecule has 1 amide bonds. The summed E-state index contributed by atoms with van der Waals surface area (Å²) in [6, 6.07) is 2.40. The summed E-state index contributed by atoms with van der Waals surface area (Å²) < 4.78 is 36.3. The van der Waals surface area contributed by atoms with Gasteiger partial charge >= 0.3 is 0 Å². The van der Waals surface area contributed by atoms with E-state index in [0.717, 1.165) is 25.1 Å². The van der Waals surface area contributed by atoms with Crippen molar-refractivity contribution in [2.24, 2.45) is 0 Å². The molecule has 150 valence electrons. The maximum absolute atomic E-state index is 14.4. The first kappa shape index (κ1) is 19.5. The van der Waals surface area contributed by atoms with Gasteiger partial charge in [-0.1, -0.05) is 11.6 Å². The van der Waals surface area contributed by atoms with Gasteiger partial charge < -0.3 is 19.6 Å². The van der Waals surface area contributed by atoms with Gasteiger partial charge in [0.2, 0.25) is 5.91 Å². The normalized spacial score (nSPS) is 21.5. The lowest BCUT2D eigenvalue weighted by Crippen LogP contribution is -2.41. The van der Waals surface area contributed by atoms with E-state index in [0.29, 0.717) is 30.0 Å². The van der Waals surface area contributed by atoms with Crippen LogP contribution < -0.4 is 5.32 Å². The Labute approximate surface area is 171 Å². The van der Waals surface area contributed by atoms with Crippen LogP contribution in [0.15, 0.2) is 12.1 Å². The molecule has 2 N–H and O–H groups in total. The van der Waals surface area contributed by atoms with Crippen molar-refractivity contribution in [2.45, 2.75) is 44.2 Å². The monoisotopic (exact) mass is 427 g/mol. The molecule has 0 saturated carbocycles. The number of hydrogen-bond acceptors (Lipinski definition) is 3. The number of aromatic amines is 1. The molecule has 0 radical (unpaired) electrons. The summed E-state index contributed by atoms with van der Waals surface area (Å²) in [7, 11) is 0. The molecular weight excluding hydrogens is 408 g/mol. The Kier molecular flexibility index (Phi) is 5.53. The second-order valence-electron chi connectivity index (χ2n) is 7.28. The lowest BCUT2D eigenvalue weighted by atomic mass is 9.95. The minimum Gasteiger partial charge on any atom is -0.379 e. The maximum atomic E-state index is 14.4. The highest BCUT2D eigenvalue weighted by Gasteiger charge is 2.32. The molecular formula is C19H20ClF2N3O2S. The van der Waals surface area contributed by atoms with Crippen LogP contribution in [-0.4, -0.2) is 34.7 Å². The Morgan fingerprint density at radius 2 is 2.25 bits per heavy atom. The van der Waals surface area contributed by atoms with E-state index >= 15 is 0 Å². The fourth-order valence-corrected chi connectivity index (χ4v) is 4.52. The molecule has 0 spiro atoms. The van der Waals surface area contributed by atoms with Crippen LogP contribution in [0.2, 0.25) is 5.02 Å². The molecule has 2 unspecified atom stereocenters. The quantitative estimate of drug-likeness (QED) is 0.578. The van der Waals surface area contributed by atoms with Crippen LogP contribution in [0.5, 0.6) is 0 Å². The first-order valence-electron chi connectivity index (χ1n) is 9.25. The SMILES string of the molecule is O=C(Cc1[nH]c(=S)n2c1CC(c1c(F)ccc(Cl)c1F)C2)NC1CCCOC1. The van der Waals surface area contributed by atoms with E-state index < -0.39 is 17.6 Å². The van der Waals surface area contributed by atoms with Crippen molar-refractivity contribution in [3.05, 3.63) is 50.5 Å². The average Bonchev–Trinajstić information content (AvgIpc) is 3.21. The number of halogens is 3. The van der Waals surface area contributed by atoms with Crippen LogP contribution in [0.3, 0.4) is 0 Å². The van der Waals surface area contributed by atoms with E-state index in [1.165, 1.54) is 12.1 Å². The molecule has 0 aliphatic carbocycles. The van der Waals surface area contributed by atoms with Crippen molar-refractivity contribution in [3.8, 4) is 0 Å². The third-order valence-electron chi connectivity index (χ3n) is 5.37. The molecule has 3 heterocycles. The molecule has 2 atom stereocenters. The molecule has 9 heteroatoms. The van der Waals surface area contributed by atoms with Gasteiger partial charge in [0, 0.05) is 36.0 Å². The minimum atomic E-state index is -0.732. The summed E-state index contributed by atoms with van der Waals surface area (Å²) in [6.45, 7) is 1.59. The van der Waals surface area contributed by atoms with Crippen LogP contribution in [0, 0.1) is 16.4 Å². The molecule has 1 saturated heterocycles. The van der Waals surface area contributed by atoms with E-state index in [1.54, 1.807) is 0 Å². The van der Waals surface area contributed by atoms with Gasteiger partial charge in [-0.05, 0) is 43.6 Å². The van der Waals surface area contributed by atoms with Crippen LogP contribution >= 0.6 is 23.8 Å². The number of fused-ring (bicyclic) bond motifs is 1. The van der Waals surface area contributed by atoms with Crippen molar-refractivity contribution >= 4 is 29.7 Å². The largest absolute Gasteiger partial charge is 0.379 e. The number of ether oxygens (including phenoxy) is 1. The summed E-state index contributed by atoms with van der Waals surface area (Å²) in [5, 5.41) is 2.87. The predicted molar refractivity (Wildman–Crippen MR) is 103 cm³/mol. The number of rotatable bonds is 4. The number of hydrogen-bond donors (Lipinski definition) is 2. The Morgan fingerprint density at radius 1 is 1.43 bits per heavy atom. The predicted octanol–water partition coefficient (Wildman–Crippen LogP) is 3.65. The number of amides is 1. The Balaban J connectivity index is 1.52. The van der Waals surface area contributed by atoms with Gasteiger partial charge in [-0.15, -0.1) is 0 Å². The van der Waals surface area contributed by atoms with Crippen LogP contribution in [0.25, 0.3) is 0 Å². The fraction of sp³-hybridized carbons (Fsp3) is 0.474. The standard InChI is InChI=1S/C19H20ClF2N3O2S/c20-12-3-4-13(21)17(18(12)22)10-6-15-14(24-19(28)25(15)8-10)7-16(26)23-11-2-1-5-27-9-11/h3-4,10-11H,1-2,5-9H2,(H,23,26)(H,24,28). The molecule has 4 rings (SSSR count). The molecule has 2 aliphatic rings. The van der Waals surface area contributed by atoms with Gasteiger partial charge in [0.05, 0.1) is 24.1 Å². The van der Waals surface area contributed by atoms with E-state index in [-0.39, 0.29) is 29.0 Å². The maximum Gasteiger partial charge on any atom is 0.226 e. The van der Waals surface area contributed by atoms with Crippen molar-refractivity contribution < 1.29 is 18.3 Å². The van der Waals surface area contributed by atoms with E-state index in [1.807, 2.05) is 4.57 Å². The van der Waals surface area contributed by atoms with Crippen molar-refractivity contribution in [2.75, 3.05) is 13.2 Å². The van der Waals surface area contributed by atoms with Crippen LogP contribution in [0.4, 0.5) is 8.78 Å². The highest BCUT2D eigenvalue weighted by molar-refractivity contribution is 7.71. The van der Waals surface area contributed by atoms with Gasteiger partial charge in [-0.2, -0.15) is 0 Å². The zero-order valence-corrected chi connectivity index (χ0v) is 16.6. The third kappa shape index (κ3) is 3.73. The zero-order chi connectivity index (χ0) is 19.8. The first-order valence-corrected chi connectivity index (χ1v) is 10.0. The smallest absolute Gasteiger partial charge is 0.226 e. The number of benzene rings is 1. The number of imidazole rings is 1. The molecule has 0 bridgehead atoms. The molecule has 5 nitrogen and oxygen atoms in total. The number of H-pyrrole nitrogens is 1. The highest BCUT2D eigenvalue weighted by Crippen LogP contribution is 2.36. The lowest BCUT2D eigenvalue weighted by molar-refractivity contribution is -0.122. The Hall–Kier alpha value is -1.77. The highest BCUT2D eigenvalue weighted by atomic mass is 35.5. The third-order valence-corrected chi connectivity index (χ3v) is 5.98. The molecule has 1 aromatic carbocycles. The Bertz CT molecular complexity index is 969. The number of nitrogens with one attached hydrogen (secondary N) is 2. The fourth-order valence-electron chi connectivity index (χ4n) is 4.05. The second kappa shape index (κ2) is 7.93. The van der Waals surface area contributed by atoms with Gasteiger partial charge in [0.1, 0.15) is 11.6 Å². The van der Waals surface area contributed by atoms with Crippen molar-refractivity contribution in [1.29, 1.82) is 0 Å². The number of carbonyl (C=O) groups excluding carboxylic acids is 1. The number of carbonyl (C=O) groups is 1. The van der Waals surface area contributed by atoms with E-state index in [4.69, 9.17) is 28.6 Å². The minimum absolute atomic E-state index is 0.0160. The van der Waals surface area contributed by atoms with Gasteiger partial charge in [0.25, 0.3) is 0 Å². The van der Waals surface area contributed by atoms with Crippen LogP contribution in [-0.2, 0) is 28.9 Å². The summed E-state index contributed by atoms with van der Waals surface area (Å²) in [4.78, 5) is 15.5. The number of nitrogens with zero attached hydrogens (tertiary/aromatic N) is 1. The molecule has 28 heavy (non-hydrogen) atoms. The summed E-state index contributed by atoms with van der Waals surface area (Å²) in [5.41, 5.74) is 1.47. The van der Waals surface area contributed by atoms with Crippen molar-refractivity contribution in [1.82, 2.24) is 14.9 Å². The van der Waals surface area contributed by atoms with Crippen LogP contribution in [0.1, 0.15) is 35.7 Å². The average molecular weight is 428 g/mol. The number of aromatic nitrogens is 2. The summed E-state index contributed by atoms with van der Waals surface area (Å²) in [5.74, 6) is -1.90. The van der Waals surface area contributed by atoms with Crippen molar-refractivity contribution in [3.63, 3.8) is 0 Å². The first-order chi connectivity index (χ1) is 13.4. The van der Waals surface area contributed by atoms with E-state index in [2.05, 4.69) is 10.3 Å².